The molecule has 0 atom stereocenters. The topological polar surface area (TPSA) is 87.3 Å². The van der Waals surface area contributed by atoms with Crippen LogP contribution in [0.25, 0.3) is 10.4 Å². The highest BCUT2D eigenvalue weighted by atomic mass is 32.1. The summed E-state index contributed by atoms with van der Waals surface area (Å²) in [7, 11) is 0. The lowest BCUT2D eigenvalue weighted by molar-refractivity contribution is -0.121. The smallest absolute Gasteiger partial charge is 0.279 e. The van der Waals surface area contributed by atoms with Crippen LogP contribution in [0.15, 0.2) is 66.7 Å². The number of nitrogens with one attached hydrogen (secondary N) is 3. The van der Waals surface area contributed by atoms with Gasteiger partial charge in [-0.1, -0.05) is 30.3 Å². The molecule has 0 bridgehead atoms. The van der Waals surface area contributed by atoms with Crippen LogP contribution in [0, 0.1) is 5.82 Å². The minimum atomic E-state index is -0.431. The van der Waals surface area contributed by atoms with Gasteiger partial charge in [-0.25, -0.2) is 4.39 Å². The number of hydrazine groups is 1. The first-order valence-corrected chi connectivity index (χ1v) is 10.1. The second-order valence-corrected chi connectivity index (χ2v) is 7.48. The number of rotatable bonds is 7. The number of amides is 3. The third-order valence-corrected chi connectivity index (χ3v) is 5.31. The summed E-state index contributed by atoms with van der Waals surface area (Å²) in [4.78, 5) is 37.2. The van der Waals surface area contributed by atoms with E-state index in [1.807, 2.05) is 6.07 Å². The van der Waals surface area contributed by atoms with Crippen LogP contribution < -0.4 is 16.2 Å². The summed E-state index contributed by atoms with van der Waals surface area (Å²) in [6, 6.07) is 18.2. The van der Waals surface area contributed by atoms with Crippen molar-refractivity contribution in [3.8, 4) is 10.4 Å². The molecule has 0 fully saturated rings. The van der Waals surface area contributed by atoms with E-state index in [2.05, 4.69) is 16.2 Å². The Bertz CT molecular complexity index is 1020. The molecule has 0 saturated carbocycles. The molecule has 0 radical (unpaired) electrons. The van der Waals surface area contributed by atoms with E-state index in [4.69, 9.17) is 0 Å². The molecule has 0 saturated heterocycles. The van der Waals surface area contributed by atoms with Gasteiger partial charge < -0.3 is 5.32 Å². The molecule has 0 aliphatic rings. The molecule has 6 nitrogen and oxygen atoms in total. The number of carbonyl (C=O) groups excluding carboxylic acids is 3. The molecular weight excluding hydrogens is 405 g/mol. The maximum atomic E-state index is 13.0. The van der Waals surface area contributed by atoms with Gasteiger partial charge in [-0.2, -0.15) is 0 Å². The summed E-state index contributed by atoms with van der Waals surface area (Å²) in [5.74, 6) is -1.30. The highest BCUT2D eigenvalue weighted by Crippen LogP contribution is 2.28. The van der Waals surface area contributed by atoms with Crippen molar-refractivity contribution in [3.63, 3.8) is 0 Å². The molecular formula is C22H20FN3O3S. The van der Waals surface area contributed by atoms with Gasteiger partial charge in [0.05, 0.1) is 4.88 Å². The maximum absolute atomic E-state index is 13.0. The van der Waals surface area contributed by atoms with Crippen LogP contribution in [0.3, 0.4) is 0 Å². The molecule has 0 aliphatic heterocycles. The van der Waals surface area contributed by atoms with Gasteiger partial charge >= 0.3 is 0 Å². The van der Waals surface area contributed by atoms with Gasteiger partial charge in [0.2, 0.25) is 5.91 Å². The van der Waals surface area contributed by atoms with Crippen LogP contribution in [-0.4, -0.2) is 24.3 Å². The Morgan fingerprint density at radius 3 is 2.30 bits per heavy atom. The molecule has 3 amide bonds. The van der Waals surface area contributed by atoms with Crippen molar-refractivity contribution in [2.75, 3.05) is 6.54 Å². The number of hydrogen-bond acceptors (Lipinski definition) is 4. The molecule has 30 heavy (non-hydrogen) atoms. The minimum absolute atomic E-state index is 0.153. The van der Waals surface area contributed by atoms with Crippen molar-refractivity contribution in [2.45, 2.75) is 12.8 Å². The number of halogens is 1. The molecule has 154 valence electrons. The summed E-state index contributed by atoms with van der Waals surface area (Å²) < 4.78 is 13.0. The monoisotopic (exact) mass is 425 g/mol. The second-order valence-electron chi connectivity index (χ2n) is 6.40. The number of hydrogen-bond donors (Lipinski definition) is 3. The number of thiophene rings is 1. The molecule has 3 rings (SSSR count). The third kappa shape index (κ3) is 5.99. The first-order valence-electron chi connectivity index (χ1n) is 9.31. The van der Waals surface area contributed by atoms with E-state index in [0.29, 0.717) is 23.4 Å². The lowest BCUT2D eigenvalue weighted by Gasteiger charge is -2.07. The first-order chi connectivity index (χ1) is 14.5. The molecule has 2 aromatic carbocycles. The summed E-state index contributed by atoms with van der Waals surface area (Å²) in [5, 5.41) is 2.74. The van der Waals surface area contributed by atoms with E-state index < -0.39 is 5.91 Å². The Labute approximate surface area is 177 Å². The largest absolute Gasteiger partial charge is 0.352 e. The predicted molar refractivity (Wildman–Crippen MR) is 113 cm³/mol. The molecule has 0 unspecified atom stereocenters. The molecule has 0 aliphatic carbocycles. The zero-order valence-electron chi connectivity index (χ0n) is 16.0. The van der Waals surface area contributed by atoms with E-state index in [9.17, 15) is 18.8 Å². The van der Waals surface area contributed by atoms with Crippen LogP contribution in [0.2, 0.25) is 0 Å². The SMILES string of the molecule is O=C(CCCNC(=O)c1ccccc1)NNC(=O)c1ccc(-c2ccc(F)cc2)s1. The van der Waals surface area contributed by atoms with Crippen molar-refractivity contribution >= 4 is 29.1 Å². The van der Waals surface area contributed by atoms with Gasteiger partial charge in [-0.3, -0.25) is 25.2 Å². The van der Waals surface area contributed by atoms with E-state index in [-0.39, 0.29) is 24.1 Å². The van der Waals surface area contributed by atoms with Crippen LogP contribution >= 0.6 is 11.3 Å². The summed E-state index contributed by atoms with van der Waals surface area (Å²) in [5.41, 5.74) is 6.10. The quantitative estimate of drug-likeness (QED) is 0.400. The molecule has 3 N–H and O–H groups in total. The van der Waals surface area contributed by atoms with Crippen molar-refractivity contribution in [3.05, 3.63) is 83.0 Å². The van der Waals surface area contributed by atoms with Crippen LogP contribution in [0.4, 0.5) is 4.39 Å². The Balaban J connectivity index is 1.38. The van der Waals surface area contributed by atoms with E-state index in [1.54, 1.807) is 48.5 Å². The fourth-order valence-corrected chi connectivity index (χ4v) is 3.53. The van der Waals surface area contributed by atoms with E-state index in [0.717, 1.165) is 10.4 Å². The van der Waals surface area contributed by atoms with Crippen LogP contribution in [-0.2, 0) is 4.79 Å². The fraction of sp³-hybridized carbons (Fsp3) is 0.136. The standard InChI is InChI=1S/C22H20FN3O3S/c23-17-10-8-15(9-11-17)18-12-13-19(30-18)22(29)26-25-20(27)7-4-14-24-21(28)16-5-2-1-3-6-16/h1-3,5-6,8-13H,4,7,14H2,(H,24,28)(H,25,27)(H,26,29). The third-order valence-electron chi connectivity index (χ3n) is 4.18. The molecule has 8 heteroatoms. The van der Waals surface area contributed by atoms with E-state index in [1.165, 1.54) is 23.5 Å². The Morgan fingerprint density at radius 2 is 1.57 bits per heavy atom. The molecule has 1 aromatic heterocycles. The van der Waals surface area contributed by atoms with Gasteiger partial charge in [-0.15, -0.1) is 11.3 Å². The van der Waals surface area contributed by atoms with Crippen molar-refractivity contribution in [2.24, 2.45) is 0 Å². The highest BCUT2D eigenvalue weighted by molar-refractivity contribution is 7.17. The molecule has 0 spiro atoms. The van der Waals surface area contributed by atoms with Crippen molar-refractivity contribution in [1.29, 1.82) is 0 Å². The van der Waals surface area contributed by atoms with Crippen molar-refractivity contribution in [1.82, 2.24) is 16.2 Å². The normalized spacial score (nSPS) is 10.3. The zero-order chi connectivity index (χ0) is 21.3. The van der Waals surface area contributed by atoms with Gasteiger partial charge in [0.1, 0.15) is 5.82 Å². The Kier molecular flexibility index (Phi) is 7.29. The fourth-order valence-electron chi connectivity index (χ4n) is 2.62. The lowest BCUT2D eigenvalue weighted by atomic mass is 10.2. The average molecular weight is 425 g/mol. The Morgan fingerprint density at radius 1 is 0.833 bits per heavy atom. The maximum Gasteiger partial charge on any atom is 0.279 e. The zero-order valence-corrected chi connectivity index (χ0v) is 16.8. The van der Waals surface area contributed by atoms with Gasteiger partial charge in [0.15, 0.2) is 0 Å². The summed E-state index contributed by atoms with van der Waals surface area (Å²) in [6.07, 6.45) is 0.592. The second kappa shape index (κ2) is 10.3. The Hall–Kier alpha value is -3.52. The predicted octanol–water partition coefficient (Wildman–Crippen LogP) is 3.53. The number of benzene rings is 2. The highest BCUT2D eigenvalue weighted by Gasteiger charge is 2.12. The van der Waals surface area contributed by atoms with Gasteiger partial charge in [0.25, 0.3) is 11.8 Å². The van der Waals surface area contributed by atoms with Gasteiger partial charge in [-0.05, 0) is 48.4 Å². The van der Waals surface area contributed by atoms with Crippen molar-refractivity contribution < 1.29 is 18.8 Å². The van der Waals surface area contributed by atoms with E-state index >= 15 is 0 Å². The lowest BCUT2D eigenvalue weighted by Crippen LogP contribution is -2.41. The average Bonchev–Trinajstić information content (AvgIpc) is 3.26. The van der Waals surface area contributed by atoms with Crippen LogP contribution in [0.1, 0.15) is 32.9 Å². The molecule has 3 aromatic rings. The van der Waals surface area contributed by atoms with Gasteiger partial charge in [0, 0.05) is 23.4 Å². The first kappa shape index (κ1) is 21.2. The molecule has 1 heterocycles. The summed E-state index contributed by atoms with van der Waals surface area (Å²) >= 11 is 1.24. The number of carbonyl (C=O) groups is 3. The van der Waals surface area contributed by atoms with Crippen LogP contribution in [0.5, 0.6) is 0 Å². The summed E-state index contributed by atoms with van der Waals surface area (Å²) in [6.45, 7) is 0.348. The minimum Gasteiger partial charge on any atom is -0.352 e.